The average Bonchev–Trinajstić information content (AvgIpc) is 2.74. The average molecular weight is 365 g/mol. The summed E-state index contributed by atoms with van der Waals surface area (Å²) in [5.74, 6) is 2.77. The van der Waals surface area contributed by atoms with Gasteiger partial charge in [0.2, 0.25) is 0 Å². The summed E-state index contributed by atoms with van der Waals surface area (Å²) in [4.78, 5) is 14.3. The highest BCUT2D eigenvalue weighted by atomic mass is 15.0. The highest BCUT2D eigenvalue weighted by Crippen LogP contribution is 2.26. The van der Waals surface area contributed by atoms with Crippen molar-refractivity contribution in [3.63, 3.8) is 0 Å². The first kappa shape index (κ1) is 18.1. The predicted octanol–water partition coefficient (Wildman–Crippen LogP) is 6.07. The molecule has 0 saturated heterocycles. The fraction of sp³-hybridized carbons (Fsp3) is 0.160. The highest BCUT2D eigenvalue weighted by molar-refractivity contribution is 5.70. The molecule has 4 rings (SSSR count). The van der Waals surface area contributed by atoms with Crippen LogP contribution in [0, 0.1) is 5.92 Å². The van der Waals surface area contributed by atoms with E-state index >= 15 is 0 Å². The first-order chi connectivity index (χ1) is 13.7. The van der Waals surface area contributed by atoms with E-state index in [2.05, 4.69) is 62.4 Å². The van der Waals surface area contributed by atoms with Gasteiger partial charge in [-0.2, -0.15) is 0 Å². The van der Waals surface area contributed by atoms with Gasteiger partial charge in [0, 0.05) is 17.5 Å². The molecular formula is C25H23N3. The van der Waals surface area contributed by atoms with Crippen molar-refractivity contribution in [3.05, 3.63) is 90.8 Å². The molecule has 4 aromatic rings. The molecule has 28 heavy (non-hydrogen) atoms. The Kier molecular flexibility index (Phi) is 5.24. The van der Waals surface area contributed by atoms with E-state index < -0.39 is 0 Å². The van der Waals surface area contributed by atoms with Gasteiger partial charge in [-0.1, -0.05) is 92.7 Å². The highest BCUT2D eigenvalue weighted by Gasteiger charge is 2.12. The molecule has 1 heterocycles. The van der Waals surface area contributed by atoms with Crippen molar-refractivity contribution in [3.8, 4) is 33.9 Å². The molecule has 0 aliphatic rings. The van der Waals surface area contributed by atoms with Crippen LogP contribution in [0.5, 0.6) is 0 Å². The normalized spacial score (nSPS) is 11.0. The summed E-state index contributed by atoms with van der Waals surface area (Å²) in [7, 11) is 0. The van der Waals surface area contributed by atoms with Crippen molar-refractivity contribution in [2.24, 2.45) is 5.92 Å². The lowest BCUT2D eigenvalue weighted by Gasteiger charge is -2.10. The molecule has 0 aliphatic heterocycles. The smallest absolute Gasteiger partial charge is 0.163 e. The van der Waals surface area contributed by atoms with Crippen LogP contribution >= 0.6 is 0 Å². The molecule has 0 spiro atoms. The monoisotopic (exact) mass is 365 g/mol. The van der Waals surface area contributed by atoms with E-state index in [9.17, 15) is 0 Å². The van der Waals surface area contributed by atoms with E-state index in [0.29, 0.717) is 5.92 Å². The second-order valence-electron chi connectivity index (χ2n) is 7.31. The topological polar surface area (TPSA) is 38.7 Å². The van der Waals surface area contributed by atoms with Crippen molar-refractivity contribution in [1.82, 2.24) is 15.0 Å². The van der Waals surface area contributed by atoms with Gasteiger partial charge in [0.25, 0.3) is 0 Å². The lowest BCUT2D eigenvalue weighted by molar-refractivity contribution is 0.619. The molecule has 0 radical (unpaired) electrons. The lowest BCUT2D eigenvalue weighted by Crippen LogP contribution is -2.06. The van der Waals surface area contributed by atoms with Crippen LogP contribution in [0.3, 0.4) is 0 Å². The standard InChI is InChI=1S/C25H23N3/c1-18(2)16-23-26-24(20-12-7-4-8-13-20)28-25(27-23)22-15-9-14-21(17-22)19-10-5-3-6-11-19/h3-15,17-18H,16H2,1-2H3. The van der Waals surface area contributed by atoms with Crippen molar-refractivity contribution in [2.45, 2.75) is 20.3 Å². The minimum Gasteiger partial charge on any atom is -0.213 e. The number of rotatable bonds is 5. The SMILES string of the molecule is CC(C)Cc1nc(-c2ccccc2)nc(-c2cccc(-c3ccccc3)c2)n1. The number of nitrogens with zero attached hydrogens (tertiary/aromatic N) is 3. The summed E-state index contributed by atoms with van der Waals surface area (Å²) < 4.78 is 0. The largest absolute Gasteiger partial charge is 0.213 e. The number of benzene rings is 3. The zero-order valence-corrected chi connectivity index (χ0v) is 16.2. The van der Waals surface area contributed by atoms with E-state index in [-0.39, 0.29) is 0 Å². The maximum atomic E-state index is 4.79. The van der Waals surface area contributed by atoms with E-state index in [1.54, 1.807) is 0 Å². The van der Waals surface area contributed by atoms with Crippen LogP contribution in [-0.4, -0.2) is 15.0 Å². The molecule has 0 fully saturated rings. The fourth-order valence-electron chi connectivity index (χ4n) is 3.19. The van der Waals surface area contributed by atoms with Gasteiger partial charge in [0.15, 0.2) is 11.6 Å². The number of hydrogen-bond acceptors (Lipinski definition) is 3. The molecule has 3 aromatic carbocycles. The second kappa shape index (κ2) is 8.13. The van der Waals surface area contributed by atoms with Gasteiger partial charge >= 0.3 is 0 Å². The first-order valence-electron chi connectivity index (χ1n) is 9.65. The molecule has 0 bridgehead atoms. The van der Waals surface area contributed by atoms with Gasteiger partial charge in [-0.25, -0.2) is 15.0 Å². The molecule has 0 amide bonds. The Morgan fingerprint density at radius 1 is 0.571 bits per heavy atom. The Hall–Kier alpha value is -3.33. The molecule has 3 nitrogen and oxygen atoms in total. The molecule has 138 valence electrons. The van der Waals surface area contributed by atoms with Crippen molar-refractivity contribution >= 4 is 0 Å². The zero-order chi connectivity index (χ0) is 19.3. The Labute approximate surface area is 166 Å². The van der Waals surface area contributed by atoms with E-state index in [1.165, 1.54) is 5.56 Å². The Balaban J connectivity index is 1.81. The van der Waals surface area contributed by atoms with Crippen LogP contribution in [0.4, 0.5) is 0 Å². The third-order valence-corrected chi connectivity index (χ3v) is 4.53. The number of hydrogen-bond donors (Lipinski definition) is 0. The molecule has 0 unspecified atom stereocenters. The summed E-state index contributed by atoms with van der Waals surface area (Å²) in [5.41, 5.74) is 4.36. The molecule has 0 saturated carbocycles. The van der Waals surface area contributed by atoms with E-state index in [4.69, 9.17) is 15.0 Å². The Bertz CT molecular complexity index is 1060. The Morgan fingerprint density at radius 3 is 1.75 bits per heavy atom. The van der Waals surface area contributed by atoms with Crippen LogP contribution in [0.1, 0.15) is 19.7 Å². The van der Waals surface area contributed by atoms with Gasteiger partial charge in [-0.15, -0.1) is 0 Å². The predicted molar refractivity (Wildman–Crippen MR) is 115 cm³/mol. The molecule has 0 atom stereocenters. The van der Waals surface area contributed by atoms with Gasteiger partial charge in [0.1, 0.15) is 5.82 Å². The third-order valence-electron chi connectivity index (χ3n) is 4.53. The molecular weight excluding hydrogens is 342 g/mol. The van der Waals surface area contributed by atoms with Crippen LogP contribution in [0.2, 0.25) is 0 Å². The molecule has 0 aliphatic carbocycles. The molecule has 1 aromatic heterocycles. The van der Waals surface area contributed by atoms with Gasteiger partial charge in [0.05, 0.1) is 0 Å². The van der Waals surface area contributed by atoms with E-state index in [0.717, 1.165) is 40.6 Å². The van der Waals surface area contributed by atoms with Crippen LogP contribution in [-0.2, 0) is 6.42 Å². The zero-order valence-electron chi connectivity index (χ0n) is 16.2. The summed E-state index contributed by atoms with van der Waals surface area (Å²) >= 11 is 0. The van der Waals surface area contributed by atoms with Crippen LogP contribution in [0.15, 0.2) is 84.9 Å². The van der Waals surface area contributed by atoms with Crippen LogP contribution in [0.25, 0.3) is 33.9 Å². The molecule has 3 heteroatoms. The minimum absolute atomic E-state index is 0.481. The lowest BCUT2D eigenvalue weighted by atomic mass is 10.0. The van der Waals surface area contributed by atoms with Gasteiger partial charge in [-0.3, -0.25) is 0 Å². The van der Waals surface area contributed by atoms with Crippen molar-refractivity contribution in [2.75, 3.05) is 0 Å². The van der Waals surface area contributed by atoms with Crippen LogP contribution < -0.4 is 0 Å². The summed E-state index contributed by atoms with van der Waals surface area (Å²) in [6.07, 6.45) is 0.827. The van der Waals surface area contributed by atoms with Crippen molar-refractivity contribution in [1.29, 1.82) is 0 Å². The maximum absolute atomic E-state index is 4.79. The quantitative estimate of drug-likeness (QED) is 0.431. The van der Waals surface area contributed by atoms with Gasteiger partial charge < -0.3 is 0 Å². The Morgan fingerprint density at radius 2 is 1.11 bits per heavy atom. The summed E-state index contributed by atoms with van der Waals surface area (Å²) in [6, 6.07) is 28.9. The second-order valence-corrected chi connectivity index (χ2v) is 7.31. The summed E-state index contributed by atoms with van der Waals surface area (Å²) in [6.45, 7) is 4.36. The minimum atomic E-state index is 0.481. The van der Waals surface area contributed by atoms with E-state index in [1.807, 2.05) is 36.4 Å². The summed E-state index contributed by atoms with van der Waals surface area (Å²) in [5, 5.41) is 0. The molecule has 0 N–H and O–H groups in total. The fourth-order valence-corrected chi connectivity index (χ4v) is 3.19. The van der Waals surface area contributed by atoms with Gasteiger partial charge in [-0.05, 0) is 23.1 Å². The number of aromatic nitrogens is 3. The third kappa shape index (κ3) is 4.15. The first-order valence-corrected chi connectivity index (χ1v) is 9.65. The maximum Gasteiger partial charge on any atom is 0.163 e. The van der Waals surface area contributed by atoms with Crippen molar-refractivity contribution < 1.29 is 0 Å².